The summed E-state index contributed by atoms with van der Waals surface area (Å²) in [7, 11) is -2.94. The predicted molar refractivity (Wildman–Crippen MR) is 86.0 cm³/mol. The number of carbonyl (C=O) groups excluding carboxylic acids is 1. The molecule has 0 radical (unpaired) electrons. The Morgan fingerprint density at radius 2 is 2.05 bits per heavy atom. The molecule has 0 saturated carbocycles. The average molecular weight is 351 g/mol. The molecule has 1 aliphatic rings. The minimum Gasteiger partial charge on any atom is -0.337 e. The topological polar surface area (TPSA) is 57.7 Å². The molecule has 1 aliphatic heterocycles. The van der Waals surface area contributed by atoms with Crippen LogP contribution in [0.1, 0.15) is 16.1 Å². The van der Waals surface area contributed by atoms with Gasteiger partial charge < -0.3 is 9.80 Å². The first-order chi connectivity index (χ1) is 9.85. The summed E-state index contributed by atoms with van der Waals surface area (Å²) in [5.41, 5.74) is 0. The molecule has 1 aromatic rings. The smallest absolute Gasteiger partial charge is 0.264 e. The quantitative estimate of drug-likeness (QED) is 0.827. The van der Waals surface area contributed by atoms with Gasteiger partial charge in [-0.15, -0.1) is 11.3 Å². The molecular weight excluding hydrogens is 332 g/mol. The first kappa shape index (κ1) is 16.7. The Bertz CT molecular complexity index is 600. The monoisotopic (exact) mass is 350 g/mol. The van der Waals surface area contributed by atoms with E-state index in [1.54, 1.807) is 12.1 Å². The number of rotatable bonds is 4. The van der Waals surface area contributed by atoms with Crippen molar-refractivity contribution in [3.05, 3.63) is 21.3 Å². The van der Waals surface area contributed by atoms with Crippen LogP contribution in [0.15, 0.2) is 12.1 Å². The van der Waals surface area contributed by atoms with Gasteiger partial charge in [0.1, 0.15) is 9.84 Å². The molecule has 0 spiro atoms. The Balaban J connectivity index is 1.90. The fraction of sp³-hybridized carbons (Fsp3) is 0.615. The summed E-state index contributed by atoms with van der Waals surface area (Å²) in [6.45, 7) is 3.39. The van der Waals surface area contributed by atoms with Crippen LogP contribution in [0.4, 0.5) is 0 Å². The molecule has 1 fully saturated rings. The summed E-state index contributed by atoms with van der Waals surface area (Å²) < 4.78 is 23.0. The van der Waals surface area contributed by atoms with Crippen LogP contribution >= 0.6 is 22.9 Å². The lowest BCUT2D eigenvalue weighted by molar-refractivity contribution is 0.0766. The second-order valence-corrected chi connectivity index (χ2v) is 9.20. The second-order valence-electron chi connectivity index (χ2n) is 5.22. The van der Waals surface area contributed by atoms with Crippen molar-refractivity contribution in [3.8, 4) is 0 Å². The number of nitrogens with zero attached hydrogens (tertiary/aromatic N) is 2. The van der Waals surface area contributed by atoms with E-state index >= 15 is 0 Å². The lowest BCUT2D eigenvalue weighted by Crippen LogP contribution is -2.36. The van der Waals surface area contributed by atoms with E-state index in [1.807, 2.05) is 4.90 Å². The fourth-order valence-corrected chi connectivity index (χ4v) is 3.88. The standard InChI is InChI=1S/C13H19ClN2O3S2/c1-21(18,19)10-9-15-5-2-6-16(8-7-15)13(17)11-3-4-12(14)20-11/h3-4H,2,5-10H2,1H3. The minimum absolute atomic E-state index is 0.0110. The van der Waals surface area contributed by atoms with Crippen LogP contribution in [0.2, 0.25) is 4.34 Å². The highest BCUT2D eigenvalue weighted by Gasteiger charge is 2.21. The highest BCUT2D eigenvalue weighted by molar-refractivity contribution is 7.90. The Labute approximate surface area is 134 Å². The largest absolute Gasteiger partial charge is 0.337 e. The molecule has 0 aromatic carbocycles. The van der Waals surface area contributed by atoms with Crippen LogP contribution in [0.5, 0.6) is 0 Å². The van der Waals surface area contributed by atoms with Crippen LogP contribution in [-0.4, -0.2) is 68.9 Å². The third kappa shape index (κ3) is 5.25. The van der Waals surface area contributed by atoms with Gasteiger partial charge in [-0.2, -0.15) is 0 Å². The van der Waals surface area contributed by atoms with Crippen LogP contribution < -0.4 is 0 Å². The van der Waals surface area contributed by atoms with E-state index in [1.165, 1.54) is 17.6 Å². The van der Waals surface area contributed by atoms with Crippen LogP contribution in [0.25, 0.3) is 0 Å². The number of sulfone groups is 1. The molecule has 21 heavy (non-hydrogen) atoms. The van der Waals surface area contributed by atoms with Crippen molar-refractivity contribution in [2.45, 2.75) is 6.42 Å². The van der Waals surface area contributed by atoms with Crippen molar-refractivity contribution < 1.29 is 13.2 Å². The maximum Gasteiger partial charge on any atom is 0.264 e. The molecule has 0 atom stereocenters. The Morgan fingerprint density at radius 3 is 2.67 bits per heavy atom. The third-order valence-corrected chi connectivity index (χ3v) is 5.58. The van der Waals surface area contributed by atoms with Gasteiger partial charge in [-0.3, -0.25) is 4.79 Å². The van der Waals surface area contributed by atoms with Crippen molar-refractivity contribution in [2.24, 2.45) is 0 Å². The van der Waals surface area contributed by atoms with Gasteiger partial charge in [0.15, 0.2) is 0 Å². The number of thiophene rings is 1. The molecule has 2 heterocycles. The maximum absolute atomic E-state index is 12.4. The molecule has 0 aliphatic carbocycles. The average Bonchev–Trinajstić information content (AvgIpc) is 2.70. The van der Waals surface area contributed by atoms with Crippen LogP contribution in [0.3, 0.4) is 0 Å². The van der Waals surface area contributed by atoms with Gasteiger partial charge in [0, 0.05) is 32.4 Å². The summed E-state index contributed by atoms with van der Waals surface area (Å²) in [4.78, 5) is 16.9. The summed E-state index contributed by atoms with van der Waals surface area (Å²) >= 11 is 7.16. The number of hydrogen-bond donors (Lipinski definition) is 0. The SMILES string of the molecule is CS(=O)(=O)CCN1CCCN(C(=O)c2ccc(Cl)s2)CC1. The molecule has 2 rings (SSSR count). The summed E-state index contributed by atoms with van der Waals surface area (Å²) in [6, 6.07) is 3.48. The van der Waals surface area contributed by atoms with Crippen molar-refractivity contribution >= 4 is 38.7 Å². The van der Waals surface area contributed by atoms with E-state index in [-0.39, 0.29) is 11.7 Å². The van der Waals surface area contributed by atoms with E-state index < -0.39 is 9.84 Å². The van der Waals surface area contributed by atoms with Crippen LogP contribution in [0, 0.1) is 0 Å². The zero-order chi connectivity index (χ0) is 15.5. The lowest BCUT2D eigenvalue weighted by atomic mass is 10.3. The van der Waals surface area contributed by atoms with E-state index in [4.69, 9.17) is 11.6 Å². The zero-order valence-electron chi connectivity index (χ0n) is 11.9. The van der Waals surface area contributed by atoms with Gasteiger partial charge in [-0.05, 0) is 25.1 Å². The number of amides is 1. The molecule has 1 aromatic heterocycles. The van der Waals surface area contributed by atoms with Crippen molar-refractivity contribution in [2.75, 3.05) is 44.7 Å². The molecule has 0 bridgehead atoms. The summed E-state index contributed by atoms with van der Waals surface area (Å²) in [5, 5.41) is 0. The number of carbonyl (C=O) groups is 1. The highest BCUT2D eigenvalue weighted by Crippen LogP contribution is 2.23. The molecule has 1 saturated heterocycles. The van der Waals surface area contributed by atoms with Gasteiger partial charge in [0.25, 0.3) is 5.91 Å². The van der Waals surface area contributed by atoms with Gasteiger partial charge in [0.05, 0.1) is 15.0 Å². The van der Waals surface area contributed by atoms with Crippen LogP contribution in [-0.2, 0) is 9.84 Å². The van der Waals surface area contributed by atoms with Crippen molar-refractivity contribution in [3.63, 3.8) is 0 Å². The minimum atomic E-state index is -2.94. The Hall–Kier alpha value is -0.630. The predicted octanol–water partition coefficient (Wildman–Crippen LogP) is 1.59. The fourth-order valence-electron chi connectivity index (χ4n) is 2.28. The van der Waals surface area contributed by atoms with E-state index in [2.05, 4.69) is 4.90 Å². The van der Waals surface area contributed by atoms with Crippen molar-refractivity contribution in [1.82, 2.24) is 9.80 Å². The first-order valence-corrected chi connectivity index (χ1v) is 10.1. The third-order valence-electron chi connectivity index (χ3n) is 3.44. The molecule has 1 amide bonds. The molecule has 8 heteroatoms. The zero-order valence-corrected chi connectivity index (χ0v) is 14.3. The molecule has 118 valence electrons. The van der Waals surface area contributed by atoms with Crippen molar-refractivity contribution in [1.29, 1.82) is 0 Å². The van der Waals surface area contributed by atoms with E-state index in [0.29, 0.717) is 35.4 Å². The second kappa shape index (κ2) is 7.09. The Morgan fingerprint density at radius 1 is 1.29 bits per heavy atom. The van der Waals surface area contributed by atoms with Gasteiger partial charge in [0.2, 0.25) is 0 Å². The summed E-state index contributed by atoms with van der Waals surface area (Å²) in [5.74, 6) is 0.179. The van der Waals surface area contributed by atoms with Gasteiger partial charge in [-0.1, -0.05) is 11.6 Å². The number of hydrogen-bond acceptors (Lipinski definition) is 5. The van der Waals surface area contributed by atoms with Gasteiger partial charge in [-0.25, -0.2) is 8.42 Å². The van der Waals surface area contributed by atoms with E-state index in [0.717, 1.165) is 13.0 Å². The first-order valence-electron chi connectivity index (χ1n) is 6.80. The normalized spacial score (nSPS) is 17.7. The Kier molecular flexibility index (Phi) is 5.65. The maximum atomic E-state index is 12.4. The molecular formula is C13H19ClN2O3S2. The molecule has 0 N–H and O–H groups in total. The summed E-state index contributed by atoms with van der Waals surface area (Å²) in [6.07, 6.45) is 2.11. The number of halogens is 1. The molecule has 0 unspecified atom stereocenters. The highest BCUT2D eigenvalue weighted by atomic mass is 35.5. The van der Waals surface area contributed by atoms with E-state index in [9.17, 15) is 13.2 Å². The molecule has 5 nitrogen and oxygen atoms in total. The van der Waals surface area contributed by atoms with Gasteiger partial charge >= 0.3 is 0 Å². The lowest BCUT2D eigenvalue weighted by Gasteiger charge is -2.21.